The van der Waals surface area contributed by atoms with Gasteiger partial charge in [0, 0.05) is 62.8 Å². The number of carbonyl (C=O) groups excluding carboxylic acids is 1. The maximum Gasteiger partial charge on any atom is 0.227 e. The Morgan fingerprint density at radius 1 is 1.11 bits per heavy atom. The van der Waals surface area contributed by atoms with Gasteiger partial charge in [0.1, 0.15) is 11.9 Å². The van der Waals surface area contributed by atoms with Crippen molar-refractivity contribution in [3.8, 4) is 17.3 Å². The molecule has 3 aliphatic heterocycles. The first-order valence-corrected chi connectivity index (χ1v) is 12.6. The zero-order chi connectivity index (χ0) is 25.4. The molecule has 0 saturated carbocycles. The third kappa shape index (κ3) is 4.54. The number of benzene rings is 1. The molecule has 2 atom stereocenters. The Labute approximate surface area is 215 Å². The average molecular weight is 497 g/mol. The lowest BCUT2D eigenvalue weighted by atomic mass is 10.1. The number of nitrogens with one attached hydrogen (secondary N) is 1. The van der Waals surface area contributed by atoms with Crippen molar-refractivity contribution in [1.82, 2.24) is 19.9 Å². The van der Waals surface area contributed by atoms with E-state index in [1.807, 2.05) is 47.5 Å². The van der Waals surface area contributed by atoms with Crippen molar-refractivity contribution < 1.29 is 9.53 Å². The molecule has 2 bridgehead atoms. The minimum atomic E-state index is 0.123. The van der Waals surface area contributed by atoms with Crippen LogP contribution in [0.5, 0.6) is 0 Å². The van der Waals surface area contributed by atoms with Gasteiger partial charge in [-0.05, 0) is 42.8 Å². The van der Waals surface area contributed by atoms with E-state index in [0.717, 1.165) is 67.7 Å². The van der Waals surface area contributed by atoms with Crippen LogP contribution < -0.4 is 15.1 Å². The maximum atomic E-state index is 11.8. The lowest BCUT2D eigenvalue weighted by Crippen LogP contribution is -2.48. The predicted octanol–water partition coefficient (Wildman–Crippen LogP) is 2.80. The van der Waals surface area contributed by atoms with E-state index in [9.17, 15) is 10.1 Å². The fourth-order valence-electron chi connectivity index (χ4n) is 5.53. The molecule has 1 aromatic carbocycles. The van der Waals surface area contributed by atoms with Crippen LogP contribution in [0.15, 0.2) is 48.8 Å². The van der Waals surface area contributed by atoms with E-state index in [4.69, 9.17) is 4.74 Å². The number of nitrogens with zero attached hydrogens (tertiary/aromatic N) is 7. The largest absolute Gasteiger partial charge is 0.378 e. The molecular formula is C27H28N8O2. The van der Waals surface area contributed by atoms with Gasteiger partial charge in [-0.15, -0.1) is 0 Å². The summed E-state index contributed by atoms with van der Waals surface area (Å²) >= 11 is 0. The third-order valence-electron chi connectivity index (χ3n) is 7.36. The van der Waals surface area contributed by atoms with E-state index in [1.165, 1.54) is 0 Å². The number of nitriles is 1. The summed E-state index contributed by atoms with van der Waals surface area (Å²) in [6.07, 6.45) is 4.49. The summed E-state index contributed by atoms with van der Waals surface area (Å²) in [5, 5.41) is 13.1. The van der Waals surface area contributed by atoms with E-state index < -0.39 is 0 Å². The van der Waals surface area contributed by atoms with Crippen molar-refractivity contribution in [2.24, 2.45) is 0 Å². The van der Waals surface area contributed by atoms with Crippen LogP contribution >= 0.6 is 0 Å². The molecule has 1 N–H and O–H groups in total. The van der Waals surface area contributed by atoms with Crippen LogP contribution in [0.3, 0.4) is 0 Å². The number of fused-ring (bicyclic) bond motifs is 2. The van der Waals surface area contributed by atoms with Crippen molar-refractivity contribution in [1.29, 1.82) is 5.26 Å². The van der Waals surface area contributed by atoms with Gasteiger partial charge in [-0.1, -0.05) is 0 Å². The Balaban J connectivity index is 1.17. The van der Waals surface area contributed by atoms with Crippen molar-refractivity contribution in [2.75, 3.05) is 54.5 Å². The molecule has 6 rings (SSSR count). The Kier molecular flexibility index (Phi) is 6.06. The highest BCUT2D eigenvalue weighted by Crippen LogP contribution is 2.37. The highest BCUT2D eigenvalue weighted by Gasteiger charge is 2.44. The van der Waals surface area contributed by atoms with Crippen LogP contribution in [0.2, 0.25) is 0 Å². The van der Waals surface area contributed by atoms with Gasteiger partial charge in [0.15, 0.2) is 0 Å². The summed E-state index contributed by atoms with van der Waals surface area (Å²) in [4.78, 5) is 31.9. The van der Waals surface area contributed by atoms with Crippen molar-refractivity contribution in [2.45, 2.75) is 25.4 Å². The number of anilines is 4. The molecule has 188 valence electrons. The maximum absolute atomic E-state index is 11.8. The van der Waals surface area contributed by atoms with E-state index in [2.05, 4.69) is 36.1 Å². The van der Waals surface area contributed by atoms with Gasteiger partial charge in [0.25, 0.3) is 0 Å². The highest BCUT2D eigenvalue weighted by molar-refractivity contribution is 5.76. The zero-order valence-electron chi connectivity index (χ0n) is 20.7. The van der Waals surface area contributed by atoms with Crippen LogP contribution in [0.25, 0.3) is 11.3 Å². The van der Waals surface area contributed by atoms with Crippen molar-refractivity contribution in [3.05, 3.63) is 54.4 Å². The summed E-state index contributed by atoms with van der Waals surface area (Å²) in [6, 6.07) is 14.4. The predicted molar refractivity (Wildman–Crippen MR) is 140 cm³/mol. The Hall–Kier alpha value is -4.23. The number of piperazine rings is 1. The molecule has 0 spiro atoms. The van der Waals surface area contributed by atoms with E-state index in [1.54, 1.807) is 13.1 Å². The van der Waals surface area contributed by atoms with Crippen LogP contribution in [0, 0.1) is 11.3 Å². The van der Waals surface area contributed by atoms with Gasteiger partial charge in [0.05, 0.1) is 36.2 Å². The number of hydrogen-bond donors (Lipinski definition) is 1. The average Bonchev–Trinajstić information content (AvgIpc) is 3.55. The molecule has 1 amide bonds. The smallest absolute Gasteiger partial charge is 0.227 e. The number of rotatable bonds is 5. The topological polar surface area (TPSA) is 111 Å². The van der Waals surface area contributed by atoms with Crippen molar-refractivity contribution in [3.63, 3.8) is 0 Å². The molecule has 2 unspecified atom stereocenters. The molecule has 0 aliphatic carbocycles. The third-order valence-corrected chi connectivity index (χ3v) is 7.36. The summed E-state index contributed by atoms with van der Waals surface area (Å²) in [5.74, 6) is 1.51. The lowest BCUT2D eigenvalue weighted by Gasteiger charge is -2.35. The number of ether oxygens (including phenoxy) is 1. The fourth-order valence-corrected chi connectivity index (χ4v) is 5.53. The molecule has 5 heterocycles. The van der Waals surface area contributed by atoms with Gasteiger partial charge in [0.2, 0.25) is 11.9 Å². The van der Waals surface area contributed by atoms with Gasteiger partial charge >= 0.3 is 0 Å². The molecule has 3 saturated heterocycles. The number of aromatic nitrogens is 3. The molecule has 3 fully saturated rings. The summed E-state index contributed by atoms with van der Waals surface area (Å²) in [6.45, 7) is 6.22. The number of likely N-dealkylation sites (tertiary alicyclic amines) is 1. The van der Waals surface area contributed by atoms with E-state index in [0.29, 0.717) is 18.1 Å². The molecule has 3 aromatic rings. The Morgan fingerprint density at radius 3 is 2.68 bits per heavy atom. The van der Waals surface area contributed by atoms with Crippen LogP contribution in [0.1, 0.15) is 18.9 Å². The molecule has 10 heteroatoms. The summed E-state index contributed by atoms with van der Waals surface area (Å²) < 4.78 is 5.42. The Bertz CT molecular complexity index is 1350. The van der Waals surface area contributed by atoms with Gasteiger partial charge in [-0.2, -0.15) is 5.26 Å². The monoisotopic (exact) mass is 496 g/mol. The first-order chi connectivity index (χ1) is 18.1. The van der Waals surface area contributed by atoms with Crippen LogP contribution in [0.4, 0.5) is 23.1 Å². The van der Waals surface area contributed by atoms with Gasteiger partial charge in [-0.25, -0.2) is 15.0 Å². The number of morpholine rings is 1. The number of carbonyl (C=O) groups is 1. The number of amides is 1. The quantitative estimate of drug-likeness (QED) is 0.570. The highest BCUT2D eigenvalue weighted by atomic mass is 16.5. The summed E-state index contributed by atoms with van der Waals surface area (Å²) in [5.41, 5.74) is 3.90. The first kappa shape index (κ1) is 23.2. The first-order valence-electron chi connectivity index (χ1n) is 12.6. The second-order valence-electron chi connectivity index (χ2n) is 9.61. The number of pyridine rings is 1. The SMILES string of the molecule is CC(=O)N1CC2CC1CN2c1ccc(Nc2nccc(-c3ccc(N4CCOCC4)nc3)n2)cc1C#N. The van der Waals surface area contributed by atoms with Crippen LogP contribution in [-0.4, -0.2) is 77.2 Å². The van der Waals surface area contributed by atoms with E-state index in [-0.39, 0.29) is 18.0 Å². The second-order valence-corrected chi connectivity index (χ2v) is 9.61. The molecule has 3 aliphatic rings. The summed E-state index contributed by atoms with van der Waals surface area (Å²) in [7, 11) is 0. The lowest BCUT2D eigenvalue weighted by molar-refractivity contribution is -0.129. The minimum absolute atomic E-state index is 0.123. The van der Waals surface area contributed by atoms with Gasteiger partial charge < -0.3 is 24.8 Å². The molecule has 10 nitrogen and oxygen atoms in total. The Morgan fingerprint density at radius 2 is 1.97 bits per heavy atom. The molecule has 0 radical (unpaired) electrons. The van der Waals surface area contributed by atoms with Gasteiger partial charge in [-0.3, -0.25) is 4.79 Å². The standard InChI is InChI=1S/C27H28N8O2/c1-18(36)34-16-23-13-22(34)17-35(23)25-4-3-21(12-20(25)14-28)31-27-29-7-6-24(32-27)19-2-5-26(30-15-19)33-8-10-37-11-9-33/h2-7,12,15,22-23H,8-11,13,16-17H2,1H3,(H,29,31,32). The molecule has 2 aromatic heterocycles. The second kappa shape index (κ2) is 9.67. The number of hydrogen-bond acceptors (Lipinski definition) is 9. The molecule has 37 heavy (non-hydrogen) atoms. The zero-order valence-corrected chi connectivity index (χ0v) is 20.7. The van der Waals surface area contributed by atoms with Crippen LogP contribution in [-0.2, 0) is 9.53 Å². The normalized spacial score (nSPS) is 20.7. The minimum Gasteiger partial charge on any atom is -0.378 e. The van der Waals surface area contributed by atoms with Crippen molar-refractivity contribution >= 4 is 29.0 Å². The van der Waals surface area contributed by atoms with E-state index >= 15 is 0 Å². The fraction of sp³-hybridized carbons (Fsp3) is 0.370. The molecular weight excluding hydrogens is 468 g/mol.